The van der Waals surface area contributed by atoms with E-state index in [1.165, 1.54) is 18.5 Å². The maximum absolute atomic E-state index is 14.1. The third-order valence-electron chi connectivity index (χ3n) is 6.07. The number of nitrogens with zero attached hydrogens (tertiary/aromatic N) is 4. The molecular weight excluding hydrogens is 407 g/mol. The van der Waals surface area contributed by atoms with Gasteiger partial charge in [-0.25, -0.2) is 27.1 Å². The van der Waals surface area contributed by atoms with Crippen LogP contribution in [0.15, 0.2) is 30.7 Å². The zero-order valence-corrected chi connectivity index (χ0v) is 17.1. The van der Waals surface area contributed by atoms with E-state index < -0.39 is 15.8 Å². The molecule has 0 radical (unpaired) electrons. The third kappa shape index (κ3) is 3.10. The van der Waals surface area contributed by atoms with Gasteiger partial charge in [-0.1, -0.05) is 6.07 Å². The number of halogens is 1. The Morgan fingerprint density at radius 2 is 1.80 bits per heavy atom. The van der Waals surface area contributed by atoms with E-state index in [-0.39, 0.29) is 17.0 Å². The first-order chi connectivity index (χ1) is 14.4. The average molecular weight is 431 g/mol. The van der Waals surface area contributed by atoms with Gasteiger partial charge in [-0.15, -0.1) is 0 Å². The first-order valence-electron chi connectivity index (χ1n) is 10.0. The highest BCUT2D eigenvalue weighted by Crippen LogP contribution is 2.38. The number of hydrogen-bond donors (Lipinski definition) is 2. The minimum Gasteiger partial charge on any atom is -0.396 e. The summed E-state index contributed by atoms with van der Waals surface area (Å²) in [6.45, 7) is 0.963. The van der Waals surface area contributed by atoms with Gasteiger partial charge >= 0.3 is 0 Å². The molecule has 2 aromatic heterocycles. The predicted octanol–water partition coefficient (Wildman–Crippen LogP) is 2.53. The highest BCUT2D eigenvalue weighted by molar-refractivity contribution is 7.90. The maximum atomic E-state index is 14.1. The molecule has 158 valence electrons. The Kier molecular flexibility index (Phi) is 4.44. The second-order valence-corrected chi connectivity index (χ2v) is 10.2. The molecule has 2 aliphatic rings. The van der Waals surface area contributed by atoms with Crippen molar-refractivity contribution in [3.05, 3.63) is 36.5 Å². The topological polar surface area (TPSA) is 120 Å². The number of anilines is 2. The molecule has 0 bridgehead atoms. The van der Waals surface area contributed by atoms with E-state index in [1.54, 1.807) is 10.4 Å². The predicted molar refractivity (Wildman–Crippen MR) is 114 cm³/mol. The largest absolute Gasteiger partial charge is 0.396 e. The molecule has 3 aromatic rings. The summed E-state index contributed by atoms with van der Waals surface area (Å²) in [5, 5.41) is 0.468. The van der Waals surface area contributed by atoms with Crippen LogP contribution in [0.4, 0.5) is 15.9 Å². The summed E-state index contributed by atoms with van der Waals surface area (Å²) < 4.78 is 42.8. The number of nitrogen functional groups attached to an aromatic ring is 2. The summed E-state index contributed by atoms with van der Waals surface area (Å²) in [4.78, 5) is 8.54. The Balaban J connectivity index is 1.51. The van der Waals surface area contributed by atoms with Gasteiger partial charge in [-0.2, -0.15) is 0 Å². The van der Waals surface area contributed by atoms with Crippen molar-refractivity contribution in [2.75, 3.05) is 24.6 Å². The fourth-order valence-corrected chi connectivity index (χ4v) is 6.13. The van der Waals surface area contributed by atoms with Crippen LogP contribution in [0.3, 0.4) is 0 Å². The minimum absolute atomic E-state index is 0.0693. The number of hydrogen-bond acceptors (Lipinski definition) is 6. The van der Waals surface area contributed by atoms with Gasteiger partial charge in [0.25, 0.3) is 0 Å². The van der Waals surface area contributed by atoms with Crippen molar-refractivity contribution < 1.29 is 12.8 Å². The van der Waals surface area contributed by atoms with Gasteiger partial charge in [-0.3, -0.25) is 0 Å². The molecule has 2 fully saturated rings. The minimum atomic E-state index is -3.17. The van der Waals surface area contributed by atoms with Crippen molar-refractivity contribution in [3.8, 4) is 11.1 Å². The van der Waals surface area contributed by atoms with E-state index in [0.29, 0.717) is 48.3 Å². The number of nitrogens with two attached hydrogens (primary N) is 2. The molecule has 1 aliphatic heterocycles. The van der Waals surface area contributed by atoms with Crippen molar-refractivity contribution in [2.24, 2.45) is 0 Å². The fraction of sp³-hybridized carbons (Fsp3) is 0.400. The molecule has 0 amide bonds. The van der Waals surface area contributed by atoms with Gasteiger partial charge in [0.1, 0.15) is 23.6 Å². The SMILES string of the molecule is Nc1ccc(-c2cn(C3CCN(S(=O)(=O)C4CC4)CC3)c3ncnc(N)c23)cc1F. The van der Waals surface area contributed by atoms with Crippen LogP contribution >= 0.6 is 0 Å². The molecule has 1 aromatic carbocycles. The molecule has 3 heterocycles. The van der Waals surface area contributed by atoms with E-state index >= 15 is 0 Å². The summed E-state index contributed by atoms with van der Waals surface area (Å²) in [5.74, 6) is -0.179. The standard InChI is InChI=1S/C20H23FN6O2S/c21-16-9-12(1-4-17(16)22)15-10-27(20-18(15)19(23)24-11-25-20)13-5-7-26(8-6-13)30(28,29)14-2-3-14/h1,4,9-11,13-14H,2-3,5-8,22H2,(H2,23,24,25). The molecule has 8 nitrogen and oxygen atoms in total. The maximum Gasteiger partial charge on any atom is 0.216 e. The molecule has 0 spiro atoms. The molecule has 1 saturated carbocycles. The number of aromatic nitrogens is 3. The normalized spacial score (nSPS) is 18.8. The first-order valence-corrected chi connectivity index (χ1v) is 11.5. The fourth-order valence-electron chi connectivity index (χ4n) is 4.25. The van der Waals surface area contributed by atoms with Crippen molar-refractivity contribution >= 4 is 32.6 Å². The quantitative estimate of drug-likeness (QED) is 0.614. The van der Waals surface area contributed by atoms with Crippen molar-refractivity contribution in [1.82, 2.24) is 18.8 Å². The number of rotatable bonds is 4. The van der Waals surface area contributed by atoms with Crippen molar-refractivity contribution in [2.45, 2.75) is 37.0 Å². The number of benzene rings is 1. The lowest BCUT2D eigenvalue weighted by molar-refractivity contribution is 0.277. The van der Waals surface area contributed by atoms with Gasteiger partial charge in [0.05, 0.1) is 16.3 Å². The van der Waals surface area contributed by atoms with Crippen molar-refractivity contribution in [3.63, 3.8) is 0 Å². The molecule has 0 atom stereocenters. The summed E-state index contributed by atoms with van der Waals surface area (Å²) in [7, 11) is -3.17. The Labute approximate surface area is 173 Å². The van der Waals surface area contributed by atoms with Gasteiger partial charge in [-0.05, 0) is 43.4 Å². The summed E-state index contributed by atoms with van der Waals surface area (Å²) in [6.07, 6.45) is 6.21. The Hall–Kier alpha value is -2.72. The van der Waals surface area contributed by atoms with E-state index in [2.05, 4.69) is 9.97 Å². The first kappa shape index (κ1) is 19.3. The number of fused-ring (bicyclic) bond motifs is 1. The Morgan fingerprint density at radius 1 is 1.07 bits per heavy atom. The number of sulfonamides is 1. The molecule has 0 unspecified atom stereocenters. The lowest BCUT2D eigenvalue weighted by atomic mass is 10.1. The summed E-state index contributed by atoms with van der Waals surface area (Å²) >= 11 is 0. The zero-order valence-electron chi connectivity index (χ0n) is 16.3. The van der Waals surface area contributed by atoms with Crippen LogP contribution in [0.25, 0.3) is 22.2 Å². The van der Waals surface area contributed by atoms with Crippen LogP contribution in [0.1, 0.15) is 31.7 Å². The summed E-state index contributed by atoms with van der Waals surface area (Å²) in [5.41, 5.74) is 13.9. The molecule has 4 N–H and O–H groups in total. The molecule has 1 aliphatic carbocycles. The van der Waals surface area contributed by atoms with E-state index in [9.17, 15) is 12.8 Å². The van der Waals surface area contributed by atoms with E-state index in [4.69, 9.17) is 11.5 Å². The summed E-state index contributed by atoms with van der Waals surface area (Å²) in [6, 6.07) is 4.72. The molecule has 1 saturated heterocycles. The lowest BCUT2D eigenvalue weighted by Crippen LogP contribution is -2.40. The number of piperidine rings is 1. The molecule has 5 rings (SSSR count). The van der Waals surface area contributed by atoms with Crippen LogP contribution in [-0.4, -0.2) is 45.6 Å². The van der Waals surface area contributed by atoms with Crippen LogP contribution in [0.2, 0.25) is 0 Å². The second kappa shape index (κ2) is 6.92. The molecule has 10 heteroatoms. The lowest BCUT2D eigenvalue weighted by Gasteiger charge is -2.32. The van der Waals surface area contributed by atoms with Crippen LogP contribution in [0.5, 0.6) is 0 Å². The molecule has 30 heavy (non-hydrogen) atoms. The Morgan fingerprint density at radius 3 is 2.47 bits per heavy atom. The highest BCUT2D eigenvalue weighted by atomic mass is 32.2. The van der Waals surface area contributed by atoms with Gasteiger partial charge < -0.3 is 16.0 Å². The van der Waals surface area contributed by atoms with Gasteiger partial charge in [0, 0.05) is 30.9 Å². The smallest absolute Gasteiger partial charge is 0.216 e. The second-order valence-electron chi connectivity index (χ2n) is 8.02. The van der Waals surface area contributed by atoms with Crippen LogP contribution in [0, 0.1) is 5.82 Å². The van der Waals surface area contributed by atoms with E-state index in [1.807, 2.05) is 10.8 Å². The zero-order chi connectivity index (χ0) is 21.0. The molecular formula is C20H23FN6O2S. The Bertz CT molecular complexity index is 1230. The van der Waals surface area contributed by atoms with Crippen LogP contribution in [-0.2, 0) is 10.0 Å². The van der Waals surface area contributed by atoms with Gasteiger partial charge in [0.2, 0.25) is 10.0 Å². The van der Waals surface area contributed by atoms with Crippen LogP contribution < -0.4 is 11.5 Å². The monoisotopic (exact) mass is 430 g/mol. The van der Waals surface area contributed by atoms with Crippen molar-refractivity contribution in [1.29, 1.82) is 0 Å². The van der Waals surface area contributed by atoms with Gasteiger partial charge in [0.15, 0.2) is 0 Å². The van der Waals surface area contributed by atoms with E-state index in [0.717, 1.165) is 18.4 Å². The highest BCUT2D eigenvalue weighted by Gasteiger charge is 2.41. The average Bonchev–Trinajstić information content (AvgIpc) is 3.52. The third-order valence-corrected chi connectivity index (χ3v) is 8.47.